The zero-order chi connectivity index (χ0) is 19.7. The van der Waals surface area contributed by atoms with Crippen LogP contribution in [0.1, 0.15) is 50.5 Å². The third-order valence-electron chi connectivity index (χ3n) is 4.29. The SMILES string of the molecule is COCCOCCCCCCCCC(=O)N[C@@H](Cc1ccccc1)C(=O)O. The van der Waals surface area contributed by atoms with Crippen LogP contribution in [-0.2, 0) is 25.5 Å². The molecule has 1 amide bonds. The second-order valence-corrected chi connectivity index (χ2v) is 6.62. The summed E-state index contributed by atoms with van der Waals surface area (Å²) in [5.74, 6) is -1.19. The summed E-state index contributed by atoms with van der Waals surface area (Å²) in [5.41, 5.74) is 0.899. The fourth-order valence-electron chi connectivity index (χ4n) is 2.76. The van der Waals surface area contributed by atoms with Gasteiger partial charge in [-0.25, -0.2) is 4.79 Å². The highest BCUT2D eigenvalue weighted by molar-refractivity contribution is 5.83. The number of carbonyl (C=O) groups excluding carboxylic acids is 1. The highest BCUT2D eigenvalue weighted by atomic mass is 16.5. The summed E-state index contributed by atoms with van der Waals surface area (Å²) in [6, 6.07) is 8.46. The number of rotatable bonds is 16. The molecule has 0 spiro atoms. The number of methoxy groups -OCH3 is 1. The second kappa shape index (κ2) is 15.2. The molecule has 6 heteroatoms. The third-order valence-corrected chi connectivity index (χ3v) is 4.29. The number of unbranched alkanes of at least 4 members (excludes halogenated alkanes) is 5. The van der Waals surface area contributed by atoms with Gasteiger partial charge in [0.1, 0.15) is 6.04 Å². The topological polar surface area (TPSA) is 84.9 Å². The average Bonchev–Trinajstić information content (AvgIpc) is 2.66. The summed E-state index contributed by atoms with van der Waals surface area (Å²) in [6.45, 7) is 2.05. The van der Waals surface area contributed by atoms with Gasteiger partial charge >= 0.3 is 5.97 Å². The molecule has 0 aliphatic rings. The van der Waals surface area contributed by atoms with E-state index in [0.29, 0.717) is 26.1 Å². The second-order valence-electron chi connectivity index (χ2n) is 6.62. The van der Waals surface area contributed by atoms with Crippen molar-refractivity contribution in [3.05, 3.63) is 35.9 Å². The molecule has 1 aromatic rings. The summed E-state index contributed by atoms with van der Waals surface area (Å²) in [5, 5.41) is 11.9. The number of amides is 1. The van der Waals surface area contributed by atoms with Gasteiger partial charge in [0.2, 0.25) is 5.91 Å². The molecule has 0 unspecified atom stereocenters. The number of ether oxygens (including phenoxy) is 2. The van der Waals surface area contributed by atoms with E-state index >= 15 is 0 Å². The van der Waals surface area contributed by atoms with E-state index in [1.807, 2.05) is 30.3 Å². The Morgan fingerprint density at radius 1 is 0.963 bits per heavy atom. The molecule has 0 saturated carbocycles. The van der Waals surface area contributed by atoms with Crippen molar-refractivity contribution in [1.29, 1.82) is 0 Å². The van der Waals surface area contributed by atoms with Crippen LogP contribution in [0.25, 0.3) is 0 Å². The van der Waals surface area contributed by atoms with Crippen molar-refractivity contribution in [2.45, 2.75) is 57.4 Å². The number of carboxylic acid groups (broad SMARTS) is 1. The van der Waals surface area contributed by atoms with Gasteiger partial charge in [0, 0.05) is 26.6 Å². The normalized spacial score (nSPS) is 11.9. The molecule has 1 atom stereocenters. The van der Waals surface area contributed by atoms with E-state index in [0.717, 1.165) is 50.7 Å². The smallest absolute Gasteiger partial charge is 0.326 e. The lowest BCUT2D eigenvalue weighted by Gasteiger charge is -2.14. The summed E-state index contributed by atoms with van der Waals surface area (Å²) in [7, 11) is 1.66. The third kappa shape index (κ3) is 12.2. The molecule has 0 fully saturated rings. The molecular weight excluding hydrogens is 346 g/mol. The van der Waals surface area contributed by atoms with E-state index in [1.165, 1.54) is 0 Å². The molecular formula is C21H33NO5. The number of benzene rings is 1. The number of carboxylic acids is 1. The van der Waals surface area contributed by atoms with E-state index in [4.69, 9.17) is 9.47 Å². The van der Waals surface area contributed by atoms with Gasteiger partial charge in [0.25, 0.3) is 0 Å². The largest absolute Gasteiger partial charge is 0.480 e. The van der Waals surface area contributed by atoms with E-state index in [1.54, 1.807) is 7.11 Å². The van der Waals surface area contributed by atoms with Crippen LogP contribution in [0.4, 0.5) is 0 Å². The molecule has 0 radical (unpaired) electrons. The quantitative estimate of drug-likeness (QED) is 0.431. The maximum Gasteiger partial charge on any atom is 0.326 e. The van der Waals surface area contributed by atoms with E-state index in [-0.39, 0.29) is 5.91 Å². The molecule has 1 rings (SSSR count). The zero-order valence-electron chi connectivity index (χ0n) is 16.3. The monoisotopic (exact) mass is 379 g/mol. The Morgan fingerprint density at radius 2 is 1.63 bits per heavy atom. The molecule has 152 valence electrons. The Hall–Kier alpha value is -1.92. The highest BCUT2D eigenvalue weighted by Gasteiger charge is 2.19. The molecule has 27 heavy (non-hydrogen) atoms. The van der Waals surface area contributed by atoms with Crippen molar-refractivity contribution < 1.29 is 24.2 Å². The Kier molecular flexibility index (Phi) is 13.0. The Labute approximate surface area is 162 Å². The maximum absolute atomic E-state index is 12.0. The molecule has 0 aliphatic heterocycles. The minimum Gasteiger partial charge on any atom is -0.480 e. The zero-order valence-corrected chi connectivity index (χ0v) is 16.3. The summed E-state index contributed by atoms with van der Waals surface area (Å²) in [4.78, 5) is 23.4. The van der Waals surface area contributed by atoms with Gasteiger partial charge in [-0.2, -0.15) is 0 Å². The lowest BCUT2D eigenvalue weighted by atomic mass is 10.1. The van der Waals surface area contributed by atoms with Gasteiger partial charge in [0.15, 0.2) is 0 Å². The number of hydrogen-bond acceptors (Lipinski definition) is 4. The van der Waals surface area contributed by atoms with Crippen LogP contribution in [0.2, 0.25) is 0 Å². The fourth-order valence-corrected chi connectivity index (χ4v) is 2.76. The van der Waals surface area contributed by atoms with Crippen LogP contribution in [-0.4, -0.2) is 50.0 Å². The number of hydrogen-bond donors (Lipinski definition) is 2. The molecule has 0 bridgehead atoms. The van der Waals surface area contributed by atoms with Gasteiger partial charge in [-0.1, -0.05) is 56.0 Å². The average molecular weight is 379 g/mol. The molecule has 2 N–H and O–H groups in total. The van der Waals surface area contributed by atoms with Crippen molar-refractivity contribution >= 4 is 11.9 Å². The van der Waals surface area contributed by atoms with Crippen LogP contribution >= 0.6 is 0 Å². The van der Waals surface area contributed by atoms with Crippen LogP contribution in [0, 0.1) is 0 Å². The lowest BCUT2D eigenvalue weighted by Crippen LogP contribution is -2.42. The van der Waals surface area contributed by atoms with Gasteiger partial charge in [0.05, 0.1) is 13.2 Å². The number of carbonyl (C=O) groups is 2. The Bertz CT molecular complexity index is 521. The number of nitrogens with one attached hydrogen (secondary N) is 1. The predicted octanol–water partition coefficient (Wildman–Crippen LogP) is 3.19. The van der Waals surface area contributed by atoms with Crippen LogP contribution in [0.3, 0.4) is 0 Å². The van der Waals surface area contributed by atoms with Gasteiger partial charge in [-0.15, -0.1) is 0 Å². The Morgan fingerprint density at radius 3 is 2.30 bits per heavy atom. The molecule has 1 aromatic carbocycles. The minimum absolute atomic E-state index is 0.190. The molecule has 6 nitrogen and oxygen atoms in total. The van der Waals surface area contributed by atoms with Crippen molar-refractivity contribution in [3.8, 4) is 0 Å². The first-order chi connectivity index (χ1) is 13.1. The first-order valence-electron chi connectivity index (χ1n) is 9.76. The summed E-state index contributed by atoms with van der Waals surface area (Å²) >= 11 is 0. The van der Waals surface area contributed by atoms with Gasteiger partial charge in [-0.05, 0) is 18.4 Å². The first-order valence-corrected chi connectivity index (χ1v) is 9.76. The van der Waals surface area contributed by atoms with E-state index in [9.17, 15) is 14.7 Å². The minimum atomic E-state index is -1.00. The van der Waals surface area contributed by atoms with Gasteiger partial charge in [-0.3, -0.25) is 4.79 Å². The van der Waals surface area contributed by atoms with Crippen molar-refractivity contribution in [2.75, 3.05) is 26.9 Å². The molecule has 0 aromatic heterocycles. The van der Waals surface area contributed by atoms with Crippen LogP contribution in [0.5, 0.6) is 0 Å². The van der Waals surface area contributed by atoms with Crippen molar-refractivity contribution in [2.24, 2.45) is 0 Å². The number of aliphatic carboxylic acids is 1. The summed E-state index contributed by atoms with van der Waals surface area (Å²) < 4.78 is 10.3. The molecule has 0 saturated heterocycles. The summed E-state index contributed by atoms with van der Waals surface area (Å²) in [6.07, 6.45) is 6.81. The van der Waals surface area contributed by atoms with Crippen molar-refractivity contribution in [3.63, 3.8) is 0 Å². The van der Waals surface area contributed by atoms with Crippen molar-refractivity contribution in [1.82, 2.24) is 5.32 Å². The standard InChI is InChI=1S/C21H33NO5/c1-26-15-16-27-14-10-5-3-2-4-9-13-20(23)22-19(21(24)25)17-18-11-7-6-8-12-18/h6-8,11-12,19H,2-5,9-10,13-17H2,1H3,(H,22,23)(H,24,25)/t19-/m0/s1. The van der Waals surface area contributed by atoms with Crippen LogP contribution in [0.15, 0.2) is 30.3 Å². The lowest BCUT2D eigenvalue weighted by molar-refractivity contribution is -0.141. The maximum atomic E-state index is 12.0. The van der Waals surface area contributed by atoms with Crippen LogP contribution < -0.4 is 5.32 Å². The van der Waals surface area contributed by atoms with E-state index in [2.05, 4.69) is 5.32 Å². The first kappa shape index (κ1) is 23.1. The Balaban J connectivity index is 2.07. The molecule has 0 heterocycles. The van der Waals surface area contributed by atoms with E-state index < -0.39 is 12.0 Å². The molecule has 0 aliphatic carbocycles. The predicted molar refractivity (Wildman–Crippen MR) is 105 cm³/mol. The fraction of sp³-hybridized carbons (Fsp3) is 0.619. The highest BCUT2D eigenvalue weighted by Crippen LogP contribution is 2.08. The van der Waals surface area contributed by atoms with Gasteiger partial charge < -0.3 is 19.9 Å².